The van der Waals surface area contributed by atoms with Gasteiger partial charge in [0.1, 0.15) is 0 Å². The third-order valence-corrected chi connectivity index (χ3v) is 3.06. The van der Waals surface area contributed by atoms with Crippen LogP contribution in [0.1, 0.15) is 15.9 Å². The SMILES string of the molecule is CN(C)c1ccc(C(=O)N/N=C\C=C\c2ccccc2)cc1. The van der Waals surface area contributed by atoms with Crippen LogP contribution in [0.3, 0.4) is 0 Å². The van der Waals surface area contributed by atoms with E-state index < -0.39 is 0 Å². The molecule has 4 nitrogen and oxygen atoms in total. The average Bonchev–Trinajstić information content (AvgIpc) is 2.55. The molecule has 0 aliphatic carbocycles. The maximum atomic E-state index is 11.9. The molecule has 0 radical (unpaired) electrons. The quantitative estimate of drug-likeness (QED) is 0.679. The normalized spacial score (nSPS) is 11.0. The molecule has 112 valence electrons. The lowest BCUT2D eigenvalue weighted by Crippen LogP contribution is -2.17. The van der Waals surface area contributed by atoms with Crippen LogP contribution >= 0.6 is 0 Å². The fourth-order valence-electron chi connectivity index (χ4n) is 1.83. The summed E-state index contributed by atoms with van der Waals surface area (Å²) in [7, 11) is 3.91. The first-order chi connectivity index (χ1) is 10.7. The second-order valence-corrected chi connectivity index (χ2v) is 4.93. The average molecular weight is 293 g/mol. The number of hydrazone groups is 1. The van der Waals surface area contributed by atoms with Gasteiger partial charge in [0.25, 0.3) is 5.91 Å². The minimum absolute atomic E-state index is 0.227. The van der Waals surface area contributed by atoms with Gasteiger partial charge in [-0.2, -0.15) is 5.10 Å². The Labute approximate surface area is 130 Å². The third kappa shape index (κ3) is 4.59. The summed E-state index contributed by atoms with van der Waals surface area (Å²) in [5.74, 6) is -0.227. The van der Waals surface area contributed by atoms with Gasteiger partial charge in [-0.3, -0.25) is 4.79 Å². The van der Waals surface area contributed by atoms with Gasteiger partial charge >= 0.3 is 0 Å². The van der Waals surface area contributed by atoms with Crippen LogP contribution in [0.2, 0.25) is 0 Å². The van der Waals surface area contributed by atoms with Crippen LogP contribution in [0.4, 0.5) is 5.69 Å². The van der Waals surface area contributed by atoms with E-state index in [9.17, 15) is 4.79 Å². The van der Waals surface area contributed by atoms with Crippen LogP contribution in [0.15, 0.2) is 65.8 Å². The van der Waals surface area contributed by atoms with E-state index in [0.717, 1.165) is 11.3 Å². The number of nitrogens with zero attached hydrogens (tertiary/aromatic N) is 2. The van der Waals surface area contributed by atoms with E-state index in [1.54, 1.807) is 24.4 Å². The van der Waals surface area contributed by atoms with Gasteiger partial charge in [-0.25, -0.2) is 5.43 Å². The van der Waals surface area contributed by atoms with Crippen molar-refractivity contribution in [1.82, 2.24) is 5.43 Å². The first kappa shape index (κ1) is 15.5. The van der Waals surface area contributed by atoms with Gasteiger partial charge < -0.3 is 4.90 Å². The minimum atomic E-state index is -0.227. The zero-order valence-electron chi connectivity index (χ0n) is 12.7. The second kappa shape index (κ2) is 7.78. The molecule has 1 N–H and O–H groups in total. The second-order valence-electron chi connectivity index (χ2n) is 4.93. The summed E-state index contributed by atoms with van der Waals surface area (Å²) in [6.07, 6.45) is 5.26. The van der Waals surface area contributed by atoms with E-state index in [1.165, 1.54) is 0 Å². The molecule has 0 bridgehead atoms. The zero-order valence-corrected chi connectivity index (χ0v) is 12.7. The summed E-state index contributed by atoms with van der Waals surface area (Å²) in [4.78, 5) is 13.9. The van der Waals surface area contributed by atoms with Crippen molar-refractivity contribution in [3.05, 3.63) is 71.8 Å². The number of allylic oxidation sites excluding steroid dienone is 1. The van der Waals surface area contributed by atoms with Gasteiger partial charge in [0.05, 0.1) is 0 Å². The number of nitrogens with one attached hydrogen (secondary N) is 1. The Morgan fingerprint density at radius 2 is 1.73 bits per heavy atom. The smallest absolute Gasteiger partial charge is 0.271 e. The molecule has 0 fully saturated rings. The Hall–Kier alpha value is -2.88. The minimum Gasteiger partial charge on any atom is -0.378 e. The van der Waals surface area contributed by atoms with E-state index in [2.05, 4.69) is 10.5 Å². The fourth-order valence-corrected chi connectivity index (χ4v) is 1.83. The molecule has 0 atom stereocenters. The molecule has 0 saturated carbocycles. The van der Waals surface area contributed by atoms with E-state index in [0.29, 0.717) is 5.56 Å². The number of benzene rings is 2. The van der Waals surface area contributed by atoms with Crippen molar-refractivity contribution in [1.29, 1.82) is 0 Å². The molecule has 1 amide bonds. The van der Waals surface area contributed by atoms with Gasteiger partial charge in [0.2, 0.25) is 0 Å². The monoisotopic (exact) mass is 293 g/mol. The summed E-state index contributed by atoms with van der Waals surface area (Å²) in [6, 6.07) is 17.2. The van der Waals surface area contributed by atoms with E-state index in [-0.39, 0.29) is 5.91 Å². The Morgan fingerprint density at radius 1 is 1.05 bits per heavy atom. The van der Waals surface area contributed by atoms with E-state index >= 15 is 0 Å². The molecular weight excluding hydrogens is 274 g/mol. The maximum absolute atomic E-state index is 11.9. The highest BCUT2D eigenvalue weighted by Gasteiger charge is 2.03. The Kier molecular flexibility index (Phi) is 5.49. The number of anilines is 1. The van der Waals surface area contributed by atoms with Crippen LogP contribution < -0.4 is 10.3 Å². The van der Waals surface area contributed by atoms with Gasteiger partial charge in [-0.1, -0.05) is 36.4 Å². The molecular formula is C18H19N3O. The molecule has 0 spiro atoms. The Morgan fingerprint density at radius 3 is 2.36 bits per heavy atom. The van der Waals surface area contributed by atoms with E-state index in [1.807, 2.05) is 67.5 Å². The lowest BCUT2D eigenvalue weighted by molar-refractivity contribution is 0.0955. The highest BCUT2D eigenvalue weighted by atomic mass is 16.2. The Bertz CT molecular complexity index is 658. The van der Waals surface area contributed by atoms with Crippen molar-refractivity contribution in [2.45, 2.75) is 0 Å². The van der Waals surface area contributed by atoms with Crippen molar-refractivity contribution in [2.75, 3.05) is 19.0 Å². The van der Waals surface area contributed by atoms with Crippen molar-refractivity contribution < 1.29 is 4.79 Å². The van der Waals surface area contributed by atoms with Crippen LogP contribution in [-0.2, 0) is 0 Å². The zero-order chi connectivity index (χ0) is 15.8. The summed E-state index contributed by atoms with van der Waals surface area (Å²) < 4.78 is 0. The number of hydrogen-bond donors (Lipinski definition) is 1. The maximum Gasteiger partial charge on any atom is 0.271 e. The molecule has 2 rings (SSSR count). The molecule has 0 saturated heterocycles. The largest absolute Gasteiger partial charge is 0.378 e. The molecule has 4 heteroatoms. The highest BCUT2D eigenvalue weighted by Crippen LogP contribution is 2.11. The summed E-state index contributed by atoms with van der Waals surface area (Å²) >= 11 is 0. The first-order valence-electron chi connectivity index (χ1n) is 6.99. The summed E-state index contributed by atoms with van der Waals surface area (Å²) in [6.45, 7) is 0. The van der Waals surface area contributed by atoms with Gasteiger partial charge in [0.15, 0.2) is 0 Å². The molecule has 0 unspecified atom stereocenters. The van der Waals surface area contributed by atoms with Crippen LogP contribution in [0.5, 0.6) is 0 Å². The first-order valence-corrected chi connectivity index (χ1v) is 6.99. The van der Waals surface area contributed by atoms with Crippen LogP contribution in [0.25, 0.3) is 6.08 Å². The summed E-state index contributed by atoms with van der Waals surface area (Å²) in [5, 5.41) is 3.90. The van der Waals surface area contributed by atoms with Crippen molar-refractivity contribution in [3.8, 4) is 0 Å². The molecule has 0 aliphatic heterocycles. The van der Waals surface area contributed by atoms with E-state index in [4.69, 9.17) is 0 Å². The molecule has 0 aromatic heterocycles. The molecule has 0 heterocycles. The predicted octanol–water partition coefficient (Wildman–Crippen LogP) is 3.18. The van der Waals surface area contributed by atoms with Crippen molar-refractivity contribution >= 4 is 23.9 Å². The predicted molar refractivity (Wildman–Crippen MR) is 92.2 cm³/mol. The van der Waals surface area contributed by atoms with Crippen molar-refractivity contribution in [3.63, 3.8) is 0 Å². The number of carbonyl (C=O) groups is 1. The van der Waals surface area contributed by atoms with Crippen molar-refractivity contribution in [2.24, 2.45) is 5.10 Å². The number of amides is 1. The topological polar surface area (TPSA) is 44.7 Å². The standard InChI is InChI=1S/C18H19N3O/c1-21(2)17-12-10-16(11-13-17)18(22)20-19-14-6-9-15-7-4-3-5-8-15/h3-14H,1-2H3,(H,20,22)/b9-6+,19-14-. The van der Waals surface area contributed by atoms with Gasteiger partial charge in [-0.05, 0) is 35.9 Å². The lowest BCUT2D eigenvalue weighted by atomic mass is 10.2. The molecule has 2 aromatic rings. The lowest BCUT2D eigenvalue weighted by Gasteiger charge is -2.12. The van der Waals surface area contributed by atoms with Gasteiger partial charge in [-0.15, -0.1) is 0 Å². The summed E-state index contributed by atoms with van der Waals surface area (Å²) in [5.41, 5.74) is 5.21. The third-order valence-electron chi connectivity index (χ3n) is 3.06. The van der Waals surface area contributed by atoms with Crippen LogP contribution in [-0.4, -0.2) is 26.2 Å². The molecule has 22 heavy (non-hydrogen) atoms. The fraction of sp³-hybridized carbons (Fsp3) is 0.111. The Balaban J connectivity index is 1.87. The highest BCUT2D eigenvalue weighted by molar-refractivity contribution is 5.95. The molecule has 2 aromatic carbocycles. The van der Waals surface area contributed by atoms with Gasteiger partial charge in [0, 0.05) is 31.6 Å². The van der Waals surface area contributed by atoms with Crippen LogP contribution in [0, 0.1) is 0 Å². The molecule has 0 aliphatic rings. The number of hydrogen-bond acceptors (Lipinski definition) is 3. The number of carbonyl (C=O) groups excluding carboxylic acids is 1. The number of rotatable bonds is 5.